The van der Waals surface area contributed by atoms with E-state index in [4.69, 9.17) is 14.5 Å². The van der Waals surface area contributed by atoms with Gasteiger partial charge in [0.15, 0.2) is 11.3 Å². The van der Waals surface area contributed by atoms with Crippen LogP contribution >= 0.6 is 0 Å². The zero-order chi connectivity index (χ0) is 43.6. The Morgan fingerprint density at radius 1 is 0.952 bits per heavy atom. The molecule has 2 saturated heterocycles. The molecule has 9 rings (SSSR count). The van der Waals surface area contributed by atoms with Crippen molar-refractivity contribution < 1.29 is 32.6 Å². The quantitative estimate of drug-likeness (QED) is 0.0833. The highest BCUT2D eigenvalue weighted by Gasteiger charge is 2.40. The summed E-state index contributed by atoms with van der Waals surface area (Å²) in [7, 11) is 0. The maximum absolute atomic E-state index is 14.3. The van der Waals surface area contributed by atoms with Crippen LogP contribution in [0.25, 0.3) is 16.6 Å². The maximum Gasteiger partial charge on any atom is 0.326 e. The van der Waals surface area contributed by atoms with E-state index in [0.29, 0.717) is 29.4 Å². The molecule has 19 heteroatoms. The highest BCUT2D eigenvalue weighted by Crippen LogP contribution is 2.36. The van der Waals surface area contributed by atoms with Crippen molar-refractivity contribution in [2.24, 2.45) is 5.92 Å². The van der Waals surface area contributed by atoms with Gasteiger partial charge in [0.2, 0.25) is 0 Å². The molecule has 2 amide bonds. The number of alkyl halides is 2. The number of benzene rings is 1. The molecule has 0 spiro atoms. The summed E-state index contributed by atoms with van der Waals surface area (Å²) in [5.41, 5.74) is 1.45. The number of morpholine rings is 1. The van der Waals surface area contributed by atoms with Crippen molar-refractivity contribution in [3.05, 3.63) is 101 Å². The number of carbonyl (C=O) groups is 3. The van der Waals surface area contributed by atoms with Gasteiger partial charge in [-0.25, -0.2) is 18.3 Å². The highest BCUT2D eigenvalue weighted by atomic mass is 19.3. The van der Waals surface area contributed by atoms with Crippen LogP contribution in [0.1, 0.15) is 84.3 Å². The molecule has 63 heavy (non-hydrogen) atoms. The van der Waals surface area contributed by atoms with Crippen molar-refractivity contribution in [3.63, 3.8) is 0 Å². The van der Waals surface area contributed by atoms with Crippen LogP contribution in [0.2, 0.25) is 0 Å². The van der Waals surface area contributed by atoms with Gasteiger partial charge in [-0.3, -0.25) is 23.9 Å². The van der Waals surface area contributed by atoms with E-state index in [1.165, 1.54) is 39.8 Å². The normalized spacial score (nSPS) is 19.7. The fraction of sp³-hybridized carbons (Fsp3) is 0.432. The molecule has 3 N–H and O–H groups in total. The van der Waals surface area contributed by atoms with E-state index >= 15 is 0 Å². The molecule has 1 aromatic carbocycles. The van der Waals surface area contributed by atoms with Gasteiger partial charge in [-0.05, 0) is 94.8 Å². The Balaban J connectivity index is 0.746. The molecular formula is C44H49F2N11O6. The summed E-state index contributed by atoms with van der Waals surface area (Å²) in [5.74, 6) is -0.302. The fourth-order valence-corrected chi connectivity index (χ4v) is 9.08. The lowest BCUT2D eigenvalue weighted by Gasteiger charge is -2.29. The van der Waals surface area contributed by atoms with E-state index in [1.54, 1.807) is 23.9 Å². The number of amides is 2. The minimum Gasteiger partial charge on any atom is -0.465 e. The summed E-state index contributed by atoms with van der Waals surface area (Å²) in [5, 5.41) is 18.4. The van der Waals surface area contributed by atoms with Crippen LogP contribution in [0.5, 0.6) is 0 Å². The van der Waals surface area contributed by atoms with Crippen LogP contribution in [0.3, 0.4) is 0 Å². The number of aromatic nitrogens is 7. The van der Waals surface area contributed by atoms with Gasteiger partial charge in [0.05, 0.1) is 49.0 Å². The number of nitrogens with one attached hydrogen (secondary N) is 3. The largest absolute Gasteiger partial charge is 0.465 e. The van der Waals surface area contributed by atoms with Crippen LogP contribution in [0.15, 0.2) is 78.2 Å². The van der Waals surface area contributed by atoms with Gasteiger partial charge in [0.1, 0.15) is 17.9 Å². The van der Waals surface area contributed by atoms with Gasteiger partial charge in [0.25, 0.3) is 23.8 Å². The van der Waals surface area contributed by atoms with Crippen molar-refractivity contribution in [1.29, 1.82) is 0 Å². The predicted octanol–water partition coefficient (Wildman–Crippen LogP) is 5.44. The van der Waals surface area contributed by atoms with Crippen molar-refractivity contribution >= 4 is 51.5 Å². The molecule has 5 aromatic heterocycles. The number of halogens is 2. The van der Waals surface area contributed by atoms with Gasteiger partial charge >= 0.3 is 5.97 Å². The SMILES string of the molecule is CCOC(=O)Cn1cc(NC(=O)c2cccc3c2ccn3CCCNCC2CCC(n3cc(NC(=O)c4cnn5ccc(N6C[C@H]7C[C@@H]6CO7)nc45)c(C(F)F)n3)CC2)ccc1=O. The van der Waals surface area contributed by atoms with Crippen molar-refractivity contribution in [2.75, 3.05) is 48.4 Å². The fourth-order valence-electron chi connectivity index (χ4n) is 9.08. The second kappa shape index (κ2) is 18.1. The Morgan fingerprint density at radius 3 is 2.57 bits per heavy atom. The number of carbonyl (C=O) groups excluding carboxylic acids is 3. The van der Waals surface area contributed by atoms with Crippen molar-refractivity contribution in [3.8, 4) is 0 Å². The third-order valence-electron chi connectivity index (χ3n) is 12.3. The maximum atomic E-state index is 14.3. The molecule has 3 aliphatic rings. The molecule has 1 aliphatic carbocycles. The first-order chi connectivity index (χ1) is 30.6. The summed E-state index contributed by atoms with van der Waals surface area (Å²) in [6, 6.07) is 12.3. The third-order valence-corrected chi connectivity index (χ3v) is 12.3. The topological polar surface area (TPSA) is 184 Å². The molecule has 2 aliphatic heterocycles. The summed E-state index contributed by atoms with van der Waals surface area (Å²) in [6.07, 6.45) is 10.5. The zero-order valence-corrected chi connectivity index (χ0v) is 34.8. The summed E-state index contributed by atoms with van der Waals surface area (Å²) >= 11 is 0. The molecule has 17 nitrogen and oxygen atoms in total. The van der Waals surface area contributed by atoms with Gasteiger partial charge < -0.3 is 39.5 Å². The summed E-state index contributed by atoms with van der Waals surface area (Å²) < 4.78 is 45.6. The van der Waals surface area contributed by atoms with E-state index < -0.39 is 24.0 Å². The number of aryl methyl sites for hydroxylation is 1. The first kappa shape index (κ1) is 41.9. The average Bonchev–Trinajstić information content (AvgIpc) is 4.14. The second-order valence-electron chi connectivity index (χ2n) is 16.4. The van der Waals surface area contributed by atoms with Crippen LogP contribution in [-0.4, -0.2) is 96.3 Å². The summed E-state index contributed by atoms with van der Waals surface area (Å²) in [4.78, 5) is 58.0. The standard InChI is InChI=1S/C44H49F2N11O6/c1-2-62-39(59)25-54-22-28(9-12-38(54)58)49-43(60)33-5-3-6-36-32(33)13-17-53(36)16-4-15-47-20-27-7-10-29(11-8-27)57-24-35(40(52-57)41(45)46)50-44(61)34-21-48-56-18-14-37(51-42(34)56)55-23-31-19-30(55)26-63-31/h3,5-6,9,12-14,17-18,21-22,24,27,29-31,41,47H,2,4,7-8,10-11,15-16,19-20,23,25-26H2,1H3,(H,49,60)(H,50,61)/t27?,29?,30-,31-/m1/s1. The molecule has 1 saturated carbocycles. The van der Waals surface area contributed by atoms with E-state index in [0.717, 1.165) is 81.4 Å². The smallest absolute Gasteiger partial charge is 0.326 e. The molecule has 0 radical (unpaired) electrons. The van der Waals surface area contributed by atoms with Gasteiger partial charge in [-0.15, -0.1) is 0 Å². The van der Waals surface area contributed by atoms with Crippen LogP contribution in [-0.2, 0) is 27.4 Å². The van der Waals surface area contributed by atoms with Gasteiger partial charge in [-0.2, -0.15) is 10.2 Å². The first-order valence-electron chi connectivity index (χ1n) is 21.5. The molecule has 6 aromatic rings. The van der Waals surface area contributed by atoms with E-state index in [2.05, 4.69) is 35.6 Å². The Hall–Kier alpha value is -6.47. The Labute approximate surface area is 360 Å². The number of fused-ring (bicyclic) bond motifs is 4. The number of ether oxygens (including phenoxy) is 2. The average molecular weight is 866 g/mol. The van der Waals surface area contributed by atoms with Gasteiger partial charge in [0, 0.05) is 60.4 Å². The second-order valence-corrected chi connectivity index (χ2v) is 16.4. The number of pyridine rings is 1. The molecule has 2 bridgehead atoms. The minimum absolute atomic E-state index is 0.0213. The molecule has 330 valence electrons. The Bertz CT molecular complexity index is 2700. The molecule has 3 fully saturated rings. The lowest BCUT2D eigenvalue weighted by Crippen LogP contribution is -2.37. The number of hydrogen-bond donors (Lipinski definition) is 3. The van der Waals surface area contributed by atoms with E-state index in [9.17, 15) is 28.0 Å². The number of rotatable bonds is 16. The Kier molecular flexibility index (Phi) is 12.0. The lowest BCUT2D eigenvalue weighted by molar-refractivity contribution is -0.143. The zero-order valence-electron chi connectivity index (χ0n) is 34.8. The molecule has 2 atom stereocenters. The molecule has 0 unspecified atom stereocenters. The van der Waals surface area contributed by atoms with Crippen LogP contribution < -0.4 is 26.4 Å². The monoisotopic (exact) mass is 865 g/mol. The van der Waals surface area contributed by atoms with Crippen molar-refractivity contribution in [2.45, 2.75) is 83.2 Å². The Morgan fingerprint density at radius 2 is 1.79 bits per heavy atom. The van der Waals surface area contributed by atoms with E-state index in [1.807, 2.05) is 30.5 Å². The van der Waals surface area contributed by atoms with Gasteiger partial charge in [-0.1, -0.05) is 6.07 Å². The third kappa shape index (κ3) is 8.92. The summed E-state index contributed by atoms with van der Waals surface area (Å²) in [6.45, 7) is 5.37. The number of hydrogen-bond acceptors (Lipinski definition) is 11. The van der Waals surface area contributed by atoms with Crippen molar-refractivity contribution in [1.82, 2.24) is 38.8 Å². The van der Waals surface area contributed by atoms with E-state index in [-0.39, 0.29) is 54.1 Å². The lowest BCUT2D eigenvalue weighted by atomic mass is 9.86. The molecular weight excluding hydrogens is 817 g/mol. The van der Waals surface area contributed by atoms with Crippen LogP contribution in [0, 0.1) is 5.92 Å². The minimum atomic E-state index is -2.87. The number of anilines is 3. The number of esters is 1. The number of nitrogens with zero attached hydrogens (tertiary/aromatic N) is 8. The first-order valence-corrected chi connectivity index (χ1v) is 21.5. The van der Waals surface area contributed by atoms with Crippen LogP contribution in [0.4, 0.5) is 26.0 Å². The highest BCUT2D eigenvalue weighted by molar-refractivity contribution is 6.12. The molecule has 7 heterocycles. The predicted molar refractivity (Wildman–Crippen MR) is 229 cm³/mol.